The van der Waals surface area contributed by atoms with Gasteiger partial charge in [-0.05, 0) is 92.1 Å². The summed E-state index contributed by atoms with van der Waals surface area (Å²) in [6.45, 7) is 9.46. The molecule has 0 aliphatic heterocycles. The summed E-state index contributed by atoms with van der Waals surface area (Å²) in [4.78, 5) is 39.9. The van der Waals surface area contributed by atoms with Crippen LogP contribution in [0.15, 0.2) is 72.8 Å². The highest BCUT2D eigenvalue weighted by Crippen LogP contribution is 2.16. The molecule has 10 nitrogen and oxygen atoms in total. The average molecular weight is 678 g/mol. The molecule has 0 N–H and O–H groups in total. The monoisotopic (exact) mass is 677 g/mol. The molecular weight excluding hydrogens is 626 g/mol. The van der Waals surface area contributed by atoms with Gasteiger partial charge in [-0.15, -0.1) is 0 Å². The summed E-state index contributed by atoms with van der Waals surface area (Å²) in [6, 6.07) is 20.6. The minimum Gasteiger partial charge on any atom is -0.494 e. The molecule has 266 valence electrons. The predicted molar refractivity (Wildman–Crippen MR) is 188 cm³/mol. The van der Waals surface area contributed by atoms with Gasteiger partial charge in [0, 0.05) is 19.6 Å². The van der Waals surface area contributed by atoms with E-state index >= 15 is 0 Å². The molecule has 0 spiro atoms. The van der Waals surface area contributed by atoms with Crippen molar-refractivity contribution in [3.8, 4) is 17.2 Å². The van der Waals surface area contributed by atoms with Crippen LogP contribution in [0.5, 0.6) is 17.2 Å². The first-order valence-electron chi connectivity index (χ1n) is 17.4. The first kappa shape index (κ1) is 38.9. The van der Waals surface area contributed by atoms with Crippen LogP contribution in [0.3, 0.4) is 0 Å². The second-order valence-corrected chi connectivity index (χ2v) is 11.4. The Labute approximate surface area is 290 Å². The Morgan fingerprint density at radius 3 is 0.939 bits per heavy atom. The van der Waals surface area contributed by atoms with Gasteiger partial charge in [0.25, 0.3) is 0 Å². The van der Waals surface area contributed by atoms with E-state index in [2.05, 4.69) is 20.8 Å². The summed E-state index contributed by atoms with van der Waals surface area (Å²) >= 11 is 0. The van der Waals surface area contributed by atoms with Crippen LogP contribution >= 0.6 is 0 Å². The third-order valence-corrected chi connectivity index (χ3v) is 7.49. The van der Waals surface area contributed by atoms with Crippen molar-refractivity contribution in [2.75, 3.05) is 59.3 Å². The van der Waals surface area contributed by atoms with Crippen LogP contribution in [0, 0.1) is 0 Å². The minimum absolute atomic E-state index is 0.0917. The normalized spacial score (nSPS) is 10.8. The fourth-order valence-corrected chi connectivity index (χ4v) is 4.45. The zero-order valence-electron chi connectivity index (χ0n) is 29.2. The SMILES string of the molecule is CCCCOc1ccc(C(=O)OCCN(CCOC(=O)c2ccc(OCCCC)cc2)CCOC(=O)c2ccc(OCCCC)cc2)cc1. The average Bonchev–Trinajstić information content (AvgIpc) is 3.12. The van der Waals surface area contributed by atoms with Gasteiger partial charge in [0.05, 0.1) is 36.5 Å². The van der Waals surface area contributed by atoms with Gasteiger partial charge in [-0.2, -0.15) is 0 Å². The maximum absolute atomic E-state index is 12.7. The zero-order chi connectivity index (χ0) is 35.1. The van der Waals surface area contributed by atoms with Crippen LogP contribution in [0.1, 0.15) is 90.4 Å². The summed E-state index contributed by atoms with van der Waals surface area (Å²) in [5.74, 6) is 0.736. The van der Waals surface area contributed by atoms with Crippen molar-refractivity contribution in [2.45, 2.75) is 59.3 Å². The Bertz CT molecular complexity index is 1210. The number of rotatable bonds is 24. The Morgan fingerprint density at radius 1 is 0.429 bits per heavy atom. The quantitative estimate of drug-likeness (QED) is 0.0541. The molecule has 0 aliphatic rings. The van der Waals surface area contributed by atoms with Crippen LogP contribution in [0.4, 0.5) is 0 Å². The number of nitrogens with zero attached hydrogens (tertiary/aromatic N) is 1. The lowest BCUT2D eigenvalue weighted by Crippen LogP contribution is -2.35. The lowest BCUT2D eigenvalue weighted by atomic mass is 10.2. The van der Waals surface area contributed by atoms with E-state index in [9.17, 15) is 14.4 Å². The summed E-state index contributed by atoms with van der Waals surface area (Å²) in [7, 11) is 0. The van der Waals surface area contributed by atoms with E-state index in [1.165, 1.54) is 0 Å². The van der Waals surface area contributed by atoms with Crippen LogP contribution in [-0.2, 0) is 14.2 Å². The van der Waals surface area contributed by atoms with Gasteiger partial charge in [0.1, 0.15) is 37.1 Å². The van der Waals surface area contributed by atoms with Gasteiger partial charge in [-0.1, -0.05) is 40.0 Å². The lowest BCUT2D eigenvalue weighted by Gasteiger charge is -2.22. The highest BCUT2D eigenvalue weighted by molar-refractivity contribution is 5.90. The van der Waals surface area contributed by atoms with Crippen molar-refractivity contribution < 1.29 is 42.8 Å². The fraction of sp³-hybridized carbons (Fsp3) is 0.462. The summed E-state index contributed by atoms with van der Waals surface area (Å²) in [6.07, 6.45) is 6.00. The van der Waals surface area contributed by atoms with E-state index in [4.69, 9.17) is 28.4 Å². The van der Waals surface area contributed by atoms with E-state index in [1.54, 1.807) is 72.8 Å². The number of esters is 3. The third-order valence-electron chi connectivity index (χ3n) is 7.49. The van der Waals surface area contributed by atoms with E-state index in [0.717, 1.165) is 38.5 Å². The minimum atomic E-state index is -0.456. The molecule has 0 fully saturated rings. The van der Waals surface area contributed by atoms with Gasteiger partial charge in [-0.25, -0.2) is 14.4 Å². The Hall–Kier alpha value is -4.57. The highest BCUT2D eigenvalue weighted by atomic mass is 16.5. The smallest absolute Gasteiger partial charge is 0.338 e. The predicted octanol–water partition coefficient (Wildman–Crippen LogP) is 7.40. The highest BCUT2D eigenvalue weighted by Gasteiger charge is 2.14. The molecular formula is C39H51NO9. The van der Waals surface area contributed by atoms with E-state index in [0.29, 0.717) is 73.4 Å². The van der Waals surface area contributed by atoms with Gasteiger partial charge >= 0.3 is 17.9 Å². The van der Waals surface area contributed by atoms with Crippen molar-refractivity contribution in [2.24, 2.45) is 0 Å². The van der Waals surface area contributed by atoms with Crippen LogP contribution in [0.2, 0.25) is 0 Å². The van der Waals surface area contributed by atoms with Crippen LogP contribution in [-0.4, -0.2) is 82.1 Å². The maximum atomic E-state index is 12.7. The van der Waals surface area contributed by atoms with Crippen molar-refractivity contribution in [1.29, 1.82) is 0 Å². The number of benzene rings is 3. The number of carbonyl (C=O) groups excluding carboxylic acids is 3. The molecule has 0 amide bonds. The molecule has 0 aromatic heterocycles. The zero-order valence-corrected chi connectivity index (χ0v) is 29.2. The van der Waals surface area contributed by atoms with Gasteiger partial charge in [-0.3, -0.25) is 4.90 Å². The Kier molecular flexibility index (Phi) is 18.2. The number of carbonyl (C=O) groups is 3. The molecule has 3 aromatic carbocycles. The van der Waals surface area contributed by atoms with Crippen molar-refractivity contribution in [3.05, 3.63) is 89.5 Å². The molecule has 10 heteroatoms. The lowest BCUT2D eigenvalue weighted by molar-refractivity contribution is 0.0331. The summed E-state index contributed by atoms with van der Waals surface area (Å²) in [5, 5.41) is 0. The molecule has 0 unspecified atom stereocenters. The van der Waals surface area contributed by atoms with Gasteiger partial charge in [0.2, 0.25) is 0 Å². The standard InChI is InChI=1S/C39H51NO9/c1-4-7-25-44-34-16-10-31(11-17-34)37(41)47-28-22-40(23-29-48-38(42)32-12-18-35(19-13-32)45-26-8-5-2)24-30-49-39(43)33-14-20-36(21-15-33)46-27-9-6-3/h10-21H,4-9,22-30H2,1-3H3. The van der Waals surface area contributed by atoms with Crippen LogP contribution in [0.25, 0.3) is 0 Å². The van der Waals surface area contributed by atoms with Gasteiger partial charge < -0.3 is 28.4 Å². The number of hydrogen-bond donors (Lipinski definition) is 0. The second-order valence-electron chi connectivity index (χ2n) is 11.4. The largest absolute Gasteiger partial charge is 0.494 e. The molecule has 0 radical (unpaired) electrons. The van der Waals surface area contributed by atoms with E-state index in [1.807, 2.05) is 4.90 Å². The summed E-state index contributed by atoms with van der Waals surface area (Å²) < 4.78 is 33.6. The molecule has 0 aliphatic carbocycles. The first-order valence-corrected chi connectivity index (χ1v) is 17.4. The fourth-order valence-electron chi connectivity index (χ4n) is 4.45. The van der Waals surface area contributed by atoms with E-state index < -0.39 is 17.9 Å². The number of unbranched alkanes of at least 4 members (excludes halogenated alkanes) is 3. The molecule has 49 heavy (non-hydrogen) atoms. The summed E-state index contributed by atoms with van der Waals surface area (Å²) in [5.41, 5.74) is 1.25. The Morgan fingerprint density at radius 2 is 0.694 bits per heavy atom. The molecule has 3 aromatic rings. The number of hydrogen-bond acceptors (Lipinski definition) is 10. The number of ether oxygens (including phenoxy) is 6. The van der Waals surface area contributed by atoms with Crippen LogP contribution < -0.4 is 14.2 Å². The molecule has 0 atom stereocenters. The van der Waals surface area contributed by atoms with E-state index in [-0.39, 0.29) is 19.8 Å². The second kappa shape index (κ2) is 22.9. The first-order chi connectivity index (χ1) is 23.9. The van der Waals surface area contributed by atoms with Crippen molar-refractivity contribution in [3.63, 3.8) is 0 Å². The molecule has 0 saturated carbocycles. The molecule has 0 heterocycles. The van der Waals surface area contributed by atoms with Crippen molar-refractivity contribution in [1.82, 2.24) is 4.90 Å². The molecule has 0 saturated heterocycles. The third kappa shape index (κ3) is 15.0. The molecule has 0 bridgehead atoms. The van der Waals surface area contributed by atoms with Crippen molar-refractivity contribution >= 4 is 17.9 Å². The van der Waals surface area contributed by atoms with Gasteiger partial charge in [0.15, 0.2) is 0 Å². The topological polar surface area (TPSA) is 110 Å². The Balaban J connectivity index is 1.50. The molecule has 3 rings (SSSR count). The maximum Gasteiger partial charge on any atom is 0.338 e.